The number of hydrogen-bond donors (Lipinski definition) is 1. The van der Waals surface area contributed by atoms with Crippen molar-refractivity contribution in [2.75, 3.05) is 12.4 Å². The zero-order chi connectivity index (χ0) is 23.1. The maximum atomic E-state index is 14.4. The fourth-order valence-corrected chi connectivity index (χ4v) is 3.80. The van der Waals surface area contributed by atoms with Gasteiger partial charge in [-0.1, -0.05) is 13.0 Å². The van der Waals surface area contributed by atoms with Crippen molar-refractivity contribution in [3.63, 3.8) is 0 Å². The molecule has 2 heterocycles. The lowest BCUT2D eigenvalue weighted by atomic mass is 9.78. The molecular formula is C22H23F3N2O4. The number of carbonyl (C=O) groups excluding carboxylic acids is 2. The summed E-state index contributed by atoms with van der Waals surface area (Å²) in [5.41, 5.74) is -0.790. The number of ketones is 1. The van der Waals surface area contributed by atoms with E-state index in [2.05, 4.69) is 10.3 Å². The number of methoxy groups -OCH3 is 1. The molecule has 3 rings (SSSR count). The third-order valence-electron chi connectivity index (χ3n) is 5.77. The van der Waals surface area contributed by atoms with Crippen LogP contribution in [0.25, 0.3) is 0 Å². The summed E-state index contributed by atoms with van der Waals surface area (Å²) >= 11 is 0. The van der Waals surface area contributed by atoms with Crippen molar-refractivity contribution < 1.29 is 32.2 Å². The molecule has 0 unspecified atom stereocenters. The monoisotopic (exact) mass is 436 g/mol. The number of carbonyl (C=O) groups is 2. The third-order valence-corrected chi connectivity index (χ3v) is 5.77. The van der Waals surface area contributed by atoms with Gasteiger partial charge in [-0.15, -0.1) is 0 Å². The van der Waals surface area contributed by atoms with Crippen molar-refractivity contribution in [3.05, 3.63) is 53.1 Å². The van der Waals surface area contributed by atoms with E-state index in [0.717, 1.165) is 18.3 Å². The largest absolute Gasteiger partial charge is 0.493 e. The van der Waals surface area contributed by atoms with Gasteiger partial charge in [0.1, 0.15) is 11.8 Å². The Labute approximate surface area is 177 Å². The highest BCUT2D eigenvalue weighted by Crippen LogP contribution is 2.49. The zero-order valence-electron chi connectivity index (χ0n) is 17.8. The van der Waals surface area contributed by atoms with Crippen molar-refractivity contribution in [1.82, 2.24) is 4.98 Å². The summed E-state index contributed by atoms with van der Waals surface area (Å²) in [7, 11) is 1.21. The topological polar surface area (TPSA) is 77.5 Å². The highest BCUT2D eigenvalue weighted by atomic mass is 19.2. The average Bonchev–Trinajstić information content (AvgIpc) is 2.95. The minimum Gasteiger partial charge on any atom is -0.493 e. The van der Waals surface area contributed by atoms with Crippen molar-refractivity contribution in [3.8, 4) is 5.75 Å². The van der Waals surface area contributed by atoms with Crippen molar-refractivity contribution in [2.45, 2.75) is 45.3 Å². The molecule has 31 heavy (non-hydrogen) atoms. The second-order valence-electron chi connectivity index (χ2n) is 8.04. The van der Waals surface area contributed by atoms with Crippen molar-refractivity contribution in [1.29, 1.82) is 0 Å². The van der Waals surface area contributed by atoms with E-state index in [1.54, 1.807) is 13.8 Å². The van der Waals surface area contributed by atoms with Crippen LogP contribution in [0.2, 0.25) is 0 Å². The number of anilines is 1. The molecule has 9 heteroatoms. The number of aromatic nitrogens is 1. The van der Waals surface area contributed by atoms with E-state index < -0.39 is 46.8 Å². The summed E-state index contributed by atoms with van der Waals surface area (Å²) in [4.78, 5) is 28.3. The molecule has 0 aliphatic carbocycles. The summed E-state index contributed by atoms with van der Waals surface area (Å²) in [6.07, 6.45) is -0.318. The minimum absolute atomic E-state index is 0.0171. The molecule has 3 atom stereocenters. The van der Waals surface area contributed by atoms with Gasteiger partial charge in [-0.2, -0.15) is 4.39 Å². The second kappa shape index (κ2) is 8.30. The van der Waals surface area contributed by atoms with Gasteiger partial charge in [-0.3, -0.25) is 9.59 Å². The van der Waals surface area contributed by atoms with Crippen LogP contribution in [0.3, 0.4) is 0 Å². The molecule has 1 aliphatic rings. The van der Waals surface area contributed by atoms with Crippen LogP contribution in [-0.2, 0) is 9.53 Å². The lowest BCUT2D eigenvalue weighted by Crippen LogP contribution is -2.33. The highest BCUT2D eigenvalue weighted by Gasteiger charge is 2.51. The van der Waals surface area contributed by atoms with Gasteiger partial charge in [-0.05, 0) is 31.9 Å². The number of hydrogen-bond acceptors (Lipinski definition) is 5. The van der Waals surface area contributed by atoms with E-state index in [9.17, 15) is 22.8 Å². The van der Waals surface area contributed by atoms with Crippen LogP contribution < -0.4 is 10.1 Å². The predicted octanol–water partition coefficient (Wildman–Crippen LogP) is 4.25. The van der Waals surface area contributed by atoms with Crippen molar-refractivity contribution in [2.24, 2.45) is 5.92 Å². The standard InChI is InChI=1S/C22H23F3N2O4/c1-10-17(12-6-7-13(23)18(25)19(12)30-5)20(31-22(10,3)4)21(29)27-16-8-15(11(2)28)26-9-14(16)24/h6-10,17,20H,1-5H3,(H,26,27,29)/t10-,17-,20+/m0/s1. The van der Waals surface area contributed by atoms with Crippen LogP contribution >= 0.6 is 0 Å². The Kier molecular flexibility index (Phi) is 6.09. The van der Waals surface area contributed by atoms with E-state index in [0.29, 0.717) is 0 Å². The van der Waals surface area contributed by atoms with E-state index in [-0.39, 0.29) is 28.6 Å². The highest BCUT2D eigenvalue weighted by molar-refractivity contribution is 5.97. The van der Waals surface area contributed by atoms with Crippen molar-refractivity contribution >= 4 is 17.4 Å². The molecule has 1 aromatic carbocycles. The van der Waals surface area contributed by atoms with Gasteiger partial charge in [0.15, 0.2) is 23.2 Å². The summed E-state index contributed by atoms with van der Waals surface area (Å²) in [6, 6.07) is 3.44. The van der Waals surface area contributed by atoms with Gasteiger partial charge >= 0.3 is 0 Å². The quantitative estimate of drug-likeness (QED) is 0.710. The number of pyridine rings is 1. The molecule has 1 N–H and O–H groups in total. The van der Waals surface area contributed by atoms with E-state index in [4.69, 9.17) is 9.47 Å². The number of benzene rings is 1. The first-order valence-corrected chi connectivity index (χ1v) is 9.65. The van der Waals surface area contributed by atoms with Gasteiger partial charge < -0.3 is 14.8 Å². The summed E-state index contributed by atoms with van der Waals surface area (Å²) in [6.45, 7) is 6.62. The molecule has 6 nitrogen and oxygen atoms in total. The number of nitrogens with one attached hydrogen (secondary N) is 1. The van der Waals surface area contributed by atoms with E-state index >= 15 is 0 Å². The van der Waals surface area contributed by atoms with Crippen LogP contribution in [0, 0.1) is 23.4 Å². The molecule has 0 spiro atoms. The summed E-state index contributed by atoms with van der Waals surface area (Å²) in [5.74, 6) is -5.50. The van der Waals surface area contributed by atoms with Gasteiger partial charge in [0, 0.05) is 18.4 Å². The molecule has 1 saturated heterocycles. The third kappa shape index (κ3) is 4.14. The zero-order valence-corrected chi connectivity index (χ0v) is 17.8. The number of amides is 1. The first-order valence-electron chi connectivity index (χ1n) is 9.65. The Hall–Kier alpha value is -2.94. The molecule has 2 aromatic rings. The molecular weight excluding hydrogens is 413 g/mol. The van der Waals surface area contributed by atoms with Gasteiger partial charge in [0.05, 0.1) is 24.6 Å². The lowest BCUT2D eigenvalue weighted by Gasteiger charge is -2.25. The van der Waals surface area contributed by atoms with Crippen LogP contribution in [0.1, 0.15) is 49.7 Å². The van der Waals surface area contributed by atoms with E-state index in [1.807, 2.05) is 6.92 Å². The first-order chi connectivity index (χ1) is 14.5. The van der Waals surface area contributed by atoms with Gasteiger partial charge in [0.2, 0.25) is 5.82 Å². The first kappa shape index (κ1) is 22.7. The SMILES string of the molecule is COc1c([C@H]2[C@H](C(=O)Nc3cc(C(C)=O)ncc3F)OC(C)(C)[C@H]2C)ccc(F)c1F. The number of Topliss-reactive ketones (excluding diaryl/α,β-unsaturated/α-hetero) is 1. The number of nitrogens with zero attached hydrogens (tertiary/aromatic N) is 1. The molecule has 0 bridgehead atoms. The molecule has 1 fully saturated rings. The number of halogens is 3. The van der Waals surface area contributed by atoms with Crippen LogP contribution in [0.5, 0.6) is 5.75 Å². The maximum absolute atomic E-state index is 14.4. The molecule has 0 radical (unpaired) electrons. The Bertz CT molecular complexity index is 1040. The Balaban J connectivity index is 2.02. The average molecular weight is 436 g/mol. The summed E-state index contributed by atoms with van der Waals surface area (Å²) in [5, 5.41) is 2.43. The van der Waals surface area contributed by atoms with Crippen LogP contribution in [0.15, 0.2) is 24.4 Å². The van der Waals surface area contributed by atoms with E-state index in [1.165, 1.54) is 20.1 Å². The van der Waals surface area contributed by atoms with Crippen LogP contribution in [-0.4, -0.2) is 35.5 Å². The fraction of sp³-hybridized carbons (Fsp3) is 0.409. The predicted molar refractivity (Wildman–Crippen MR) is 107 cm³/mol. The lowest BCUT2D eigenvalue weighted by molar-refractivity contribution is -0.131. The molecule has 1 amide bonds. The molecule has 166 valence electrons. The van der Waals surface area contributed by atoms with Gasteiger partial charge in [0.25, 0.3) is 5.91 Å². The number of ether oxygens (including phenoxy) is 2. The Morgan fingerprint density at radius 1 is 1.19 bits per heavy atom. The normalized spacial score (nSPS) is 22.3. The minimum atomic E-state index is -1.16. The molecule has 1 aromatic heterocycles. The fourth-order valence-electron chi connectivity index (χ4n) is 3.80. The smallest absolute Gasteiger partial charge is 0.254 e. The maximum Gasteiger partial charge on any atom is 0.254 e. The molecule has 1 aliphatic heterocycles. The Morgan fingerprint density at radius 3 is 2.48 bits per heavy atom. The summed E-state index contributed by atoms with van der Waals surface area (Å²) < 4.78 is 53.3. The van der Waals surface area contributed by atoms with Crippen LogP contribution in [0.4, 0.5) is 18.9 Å². The Morgan fingerprint density at radius 2 is 1.87 bits per heavy atom. The molecule has 0 saturated carbocycles. The van der Waals surface area contributed by atoms with Gasteiger partial charge in [-0.25, -0.2) is 13.8 Å². The number of rotatable bonds is 5. The second-order valence-corrected chi connectivity index (χ2v) is 8.04.